The Hall–Kier alpha value is 0.723. The van der Waals surface area contributed by atoms with E-state index >= 15 is 0 Å². The van der Waals surface area contributed by atoms with Crippen LogP contribution in [0.25, 0.3) is 0 Å². The predicted molar refractivity (Wildman–Crippen MR) is 143 cm³/mol. The molecule has 0 aliphatic carbocycles. The van der Waals surface area contributed by atoms with Crippen LogP contribution in [0.1, 0.15) is 134 Å². The van der Waals surface area contributed by atoms with E-state index in [1.54, 1.807) is 0 Å². The summed E-state index contributed by atoms with van der Waals surface area (Å²) < 4.78 is 0. The van der Waals surface area contributed by atoms with Gasteiger partial charge < -0.3 is 20.4 Å². The summed E-state index contributed by atoms with van der Waals surface area (Å²) in [6, 6.07) is 0. The Balaban J connectivity index is -0.000000105. The number of aliphatic hydroxyl groups excluding tert-OH is 4. The van der Waals surface area contributed by atoms with Crippen molar-refractivity contribution < 1.29 is 46.6 Å². The molecule has 0 amide bonds. The summed E-state index contributed by atoms with van der Waals surface area (Å²) >= 11 is 0. The van der Waals surface area contributed by atoms with E-state index in [-0.39, 0.29) is 50.6 Å². The largest absolute Gasteiger partial charge is 0.393 e. The fourth-order valence-corrected chi connectivity index (χ4v) is 2.52. The predicted octanol–water partition coefficient (Wildman–Crippen LogP) is 7.21. The van der Waals surface area contributed by atoms with Crippen molar-refractivity contribution in [3.8, 4) is 0 Å². The van der Waals surface area contributed by atoms with Gasteiger partial charge in [-0.2, -0.15) is 0 Å². The van der Waals surface area contributed by atoms with Crippen LogP contribution in [-0.4, -0.2) is 44.8 Å². The van der Waals surface area contributed by atoms with Crippen molar-refractivity contribution in [1.82, 2.24) is 0 Å². The van der Waals surface area contributed by atoms with Crippen LogP contribution in [0.4, 0.5) is 0 Å². The third-order valence-electron chi connectivity index (χ3n) is 5.42. The summed E-state index contributed by atoms with van der Waals surface area (Å²) in [7, 11) is 0. The molecule has 0 saturated carbocycles. The third kappa shape index (κ3) is 37.4. The van der Waals surface area contributed by atoms with Crippen LogP contribution < -0.4 is 0 Å². The molecule has 0 rings (SSSR count). The molecule has 0 aromatic rings. The fourth-order valence-electron chi connectivity index (χ4n) is 2.52. The molecule has 0 aromatic carbocycles. The van der Waals surface area contributed by atoms with E-state index < -0.39 is 0 Å². The summed E-state index contributed by atoms with van der Waals surface area (Å²) in [6.07, 6.45) is 7.77. The fraction of sp³-hybridized carbons (Fsp3) is 1.00. The summed E-state index contributed by atoms with van der Waals surface area (Å²) in [5, 5.41) is 36.5. The maximum atomic E-state index is 9.13. The van der Waals surface area contributed by atoms with Crippen molar-refractivity contribution >= 4 is 0 Å². The van der Waals surface area contributed by atoms with Crippen LogP contribution >= 0.6 is 0 Å². The average molecular weight is 556 g/mol. The maximum Gasteiger partial charge on any atom is 0.0563 e. The Morgan fingerprint density at radius 3 is 0.515 bits per heavy atom. The smallest absolute Gasteiger partial charge is 0.0563 e. The van der Waals surface area contributed by atoms with E-state index in [0.29, 0.717) is 23.7 Å². The Morgan fingerprint density at radius 2 is 0.485 bits per heavy atom. The Bertz CT molecular complexity index is 272. The minimum atomic E-state index is -0.0833. The molecule has 5 heteroatoms. The molecule has 4 unspecified atom stereocenters. The summed E-state index contributed by atoms with van der Waals surface area (Å²) in [4.78, 5) is 0. The van der Waals surface area contributed by atoms with Gasteiger partial charge in [-0.25, -0.2) is 0 Å². The zero-order valence-electron chi connectivity index (χ0n) is 24.6. The molecule has 204 valence electrons. The van der Waals surface area contributed by atoms with Crippen molar-refractivity contribution in [1.29, 1.82) is 0 Å². The van der Waals surface area contributed by atoms with Gasteiger partial charge in [0.1, 0.15) is 0 Å². The molecule has 0 spiro atoms. The SMILES string of the molecule is CCCC(O)C(C)C.CCCC(O)C(C)C.CCCC(O)C(C)C.CCCC(O)C(C)C.[Zr]. The Kier molecular flexibility index (Phi) is 40.8. The first-order valence-electron chi connectivity index (χ1n) is 13.4. The third-order valence-corrected chi connectivity index (χ3v) is 5.42. The monoisotopic (exact) mass is 554 g/mol. The van der Waals surface area contributed by atoms with Crippen molar-refractivity contribution in [3.05, 3.63) is 0 Å². The maximum absolute atomic E-state index is 9.13. The molecule has 0 saturated heterocycles. The van der Waals surface area contributed by atoms with Gasteiger partial charge in [0.25, 0.3) is 0 Å². The van der Waals surface area contributed by atoms with Gasteiger partial charge in [0.2, 0.25) is 0 Å². The van der Waals surface area contributed by atoms with Crippen molar-refractivity contribution in [3.63, 3.8) is 0 Å². The van der Waals surface area contributed by atoms with Crippen LogP contribution in [0.3, 0.4) is 0 Å². The van der Waals surface area contributed by atoms with Gasteiger partial charge in [-0.3, -0.25) is 0 Å². The number of rotatable bonds is 12. The number of aliphatic hydroxyl groups is 4. The van der Waals surface area contributed by atoms with Crippen LogP contribution in [0.5, 0.6) is 0 Å². The van der Waals surface area contributed by atoms with Gasteiger partial charge >= 0.3 is 0 Å². The van der Waals surface area contributed by atoms with Crippen molar-refractivity contribution in [2.24, 2.45) is 23.7 Å². The van der Waals surface area contributed by atoms with Crippen LogP contribution in [0, 0.1) is 23.7 Å². The van der Waals surface area contributed by atoms with Gasteiger partial charge in [0.15, 0.2) is 0 Å². The average Bonchev–Trinajstić information content (AvgIpc) is 2.70. The second kappa shape index (κ2) is 30.8. The van der Waals surface area contributed by atoms with Crippen LogP contribution in [-0.2, 0) is 26.2 Å². The molecule has 33 heavy (non-hydrogen) atoms. The minimum absolute atomic E-state index is 0. The number of hydrogen-bond donors (Lipinski definition) is 4. The van der Waals surface area contributed by atoms with Gasteiger partial charge in [-0.05, 0) is 49.4 Å². The van der Waals surface area contributed by atoms with Gasteiger partial charge in [-0.1, -0.05) is 109 Å². The van der Waals surface area contributed by atoms with E-state index in [0.717, 1.165) is 51.4 Å². The Labute approximate surface area is 228 Å². The van der Waals surface area contributed by atoms with Gasteiger partial charge in [-0.15, -0.1) is 0 Å². The second-order valence-electron chi connectivity index (χ2n) is 10.4. The van der Waals surface area contributed by atoms with E-state index in [1.165, 1.54) is 0 Å². The summed E-state index contributed by atoms with van der Waals surface area (Å²) in [6.45, 7) is 24.7. The van der Waals surface area contributed by atoms with E-state index in [2.05, 4.69) is 27.7 Å². The molecule has 0 bridgehead atoms. The topological polar surface area (TPSA) is 80.9 Å². The van der Waals surface area contributed by atoms with Crippen LogP contribution in [0.15, 0.2) is 0 Å². The van der Waals surface area contributed by atoms with Gasteiger partial charge in [0.05, 0.1) is 24.4 Å². The minimum Gasteiger partial charge on any atom is -0.393 e. The molecular weight excluding hydrogens is 492 g/mol. The van der Waals surface area contributed by atoms with Crippen molar-refractivity contribution in [2.45, 2.75) is 159 Å². The van der Waals surface area contributed by atoms with Crippen LogP contribution in [0.2, 0.25) is 0 Å². The molecule has 0 aliphatic heterocycles. The first-order valence-corrected chi connectivity index (χ1v) is 13.4. The molecule has 0 aliphatic rings. The zero-order chi connectivity index (χ0) is 26.3. The Morgan fingerprint density at radius 1 is 0.364 bits per heavy atom. The molecule has 0 heterocycles. The standard InChI is InChI=1S/4C7H16O.Zr/c4*1-4-5-7(8)6(2)3;/h4*6-8H,4-5H2,1-3H3;. The van der Waals surface area contributed by atoms with Crippen molar-refractivity contribution in [2.75, 3.05) is 0 Å². The normalized spacial score (nSPS) is 14.2. The molecule has 0 fully saturated rings. The molecule has 4 atom stereocenters. The zero-order valence-corrected chi connectivity index (χ0v) is 27.0. The first-order chi connectivity index (χ1) is 14.7. The second-order valence-corrected chi connectivity index (χ2v) is 10.4. The van der Waals surface area contributed by atoms with Gasteiger partial charge in [0, 0.05) is 26.2 Å². The summed E-state index contributed by atoms with van der Waals surface area (Å²) in [5.74, 6) is 1.70. The molecule has 0 radical (unpaired) electrons. The molecule has 4 N–H and O–H groups in total. The van der Waals surface area contributed by atoms with E-state index in [9.17, 15) is 0 Å². The molecular formula is C28H64O4Zr. The molecule has 4 nitrogen and oxygen atoms in total. The quantitative estimate of drug-likeness (QED) is 0.205. The number of hydrogen-bond acceptors (Lipinski definition) is 4. The first kappa shape index (κ1) is 43.8. The summed E-state index contributed by atoms with van der Waals surface area (Å²) in [5.41, 5.74) is 0. The van der Waals surface area contributed by atoms with E-state index in [1.807, 2.05) is 55.4 Å². The van der Waals surface area contributed by atoms with E-state index in [4.69, 9.17) is 20.4 Å². The molecule has 0 aromatic heterocycles.